The molecule has 21 N–H and O–H groups in total. The molecule has 1 aromatic heterocycles. The first kappa shape index (κ1) is 93.5. The molecule has 2 fully saturated rings. The molecule has 0 radical (unpaired) electrons. The van der Waals surface area contributed by atoms with E-state index in [9.17, 15) is 65.1 Å². The van der Waals surface area contributed by atoms with Gasteiger partial charge in [0.15, 0.2) is 23.9 Å². The van der Waals surface area contributed by atoms with E-state index in [0.29, 0.717) is 10.6 Å². The molecule has 8 heterocycles. The molecule has 7 aliphatic heterocycles. The number of likely N-dealkylation sites (N-methyl/N-ethyl adjacent to an activating group) is 1. The van der Waals surface area contributed by atoms with Crippen LogP contribution < -0.4 is 79.0 Å². The maximum Gasteiger partial charge on any atom is 0.349 e. The van der Waals surface area contributed by atoms with Crippen molar-refractivity contribution in [2.75, 3.05) is 45.8 Å². The van der Waals surface area contributed by atoms with Gasteiger partial charge in [-0.25, -0.2) is 4.79 Å². The highest BCUT2D eigenvalue weighted by Gasteiger charge is 2.52. The van der Waals surface area contributed by atoms with Crippen molar-refractivity contribution in [2.24, 2.45) is 11.7 Å². The number of aliphatic hydroxyl groups excluding tert-OH is 6. The minimum Gasteiger partial charge on any atom is -0.508 e. The molecule has 2 saturated heterocycles. The second kappa shape index (κ2) is 40.3. The molecular formula is C82H93Cl4N13O26. The van der Waals surface area contributed by atoms with E-state index in [0.717, 1.165) is 54.6 Å². The molecule has 39 nitrogen and oxygen atoms in total. The number of phenols is 3. The number of phenolic OH excluding ortho intramolecular Hbond substituents is 3. The molecule has 7 aliphatic rings. The van der Waals surface area contributed by atoms with Crippen LogP contribution in [-0.4, -0.2) is 222 Å². The maximum absolute atomic E-state index is 16.3. The number of nitrogens with zero attached hydrogens (tertiary/aromatic N) is 2. The number of fused-ring (bicyclic) bond motifs is 15. The van der Waals surface area contributed by atoms with Crippen LogP contribution in [0.4, 0.5) is 5.82 Å². The van der Waals surface area contributed by atoms with Crippen molar-refractivity contribution < 1.29 is 122 Å². The lowest BCUT2D eigenvalue weighted by molar-refractivity contribution is -0.334. The van der Waals surface area contributed by atoms with Gasteiger partial charge >= 0.3 is 5.69 Å². The van der Waals surface area contributed by atoms with Crippen LogP contribution in [0, 0.1) is 5.92 Å². The van der Waals surface area contributed by atoms with Gasteiger partial charge < -0.3 is 133 Å². The average Bonchev–Trinajstić information content (AvgIpc) is 0.765. The molecule has 0 saturated carbocycles. The molecule has 670 valence electrons. The standard InChI is InChI=1S/C82H93Cl4N13O26/c1-34(2)21-48(88-5)74(111)95-64-66(106)38-9-13-52(46(85)25-38)121-54-27-40-28-55(70(54)125-80-71(69(109)68(108)56(33-100)123-80)124-60-32-82(4,72(110)35(3)120-60)89-16-18-99-17-15-58(92-81(99)117)91-59(105)23-36-7-11-44(83)45(84)22-36)122-53-14-10-39(26-47(53)86)67(107)65-79(116)97-73(98-119-20-19-118-6)43-29-41(101)30-51(103)61(43)42-24-37(8-12-50(42)102)62(76(113)96-65)94-77(114)63(40)93-75(112)49(31-57(87)104)90-78(64)115/h7-15,17,22,24-30,34-35,48-49,56,60,62-69,71-73,80,88-89,98,100-103,106-110H,16,18-21,23,31-33H2,1-6H3,(H2,87,104)(H,90,115)(H,93,112)(H,94,114)(H,95,111)(H,96,113)(H,97,116)(H,91,92,105,117)/t35-,48+,49-,56+,60-,62+,63?,64+,65-,66+,67+,68+,69-,71+,72+,73-,80-,82-/m0/s1. The molecule has 14 rings (SSSR count). The number of benzene rings is 6. The Morgan fingerprint density at radius 2 is 1.37 bits per heavy atom. The fraction of sp³-hybridized carbons (Fsp3) is 0.415. The minimum atomic E-state index is -2.36. The molecule has 0 spiro atoms. The monoisotopic (exact) mass is 1820 g/mol. The van der Waals surface area contributed by atoms with Crippen molar-refractivity contribution >= 4 is 99.5 Å². The lowest BCUT2D eigenvalue weighted by Gasteiger charge is -2.48. The van der Waals surface area contributed by atoms with Gasteiger partial charge in [0.05, 0.1) is 71.0 Å². The second-order valence-electron chi connectivity index (χ2n) is 30.9. The number of halogens is 4. The highest BCUT2D eigenvalue weighted by atomic mass is 35.5. The third-order valence-electron chi connectivity index (χ3n) is 21.4. The maximum atomic E-state index is 16.3. The molecule has 7 aromatic rings. The van der Waals surface area contributed by atoms with Crippen LogP contribution in [0.5, 0.6) is 46.0 Å². The number of primary amides is 1. The number of amides is 8. The summed E-state index contributed by atoms with van der Waals surface area (Å²) in [6.45, 7) is 5.43. The summed E-state index contributed by atoms with van der Waals surface area (Å²) in [5.74, 6) is -14.1. The summed E-state index contributed by atoms with van der Waals surface area (Å²) in [4.78, 5) is 142. The van der Waals surface area contributed by atoms with E-state index in [2.05, 4.69) is 58.3 Å². The molecule has 8 amide bonds. The predicted molar refractivity (Wildman–Crippen MR) is 444 cm³/mol. The quantitative estimate of drug-likeness (QED) is 0.0305. The number of rotatable bonds is 24. The predicted octanol–water partition coefficient (Wildman–Crippen LogP) is 2.52. The highest BCUT2D eigenvalue weighted by molar-refractivity contribution is 6.42. The molecule has 18 atom stereocenters. The Morgan fingerprint density at radius 3 is 2.01 bits per heavy atom. The molecule has 0 aliphatic carbocycles. The van der Waals surface area contributed by atoms with Crippen LogP contribution in [-0.2, 0) is 75.1 Å². The topological polar surface area (TPSA) is 574 Å². The lowest BCUT2D eigenvalue weighted by atomic mass is 9.85. The average molecular weight is 1820 g/mol. The number of anilines is 1. The van der Waals surface area contributed by atoms with E-state index in [4.69, 9.17) is 90.1 Å². The van der Waals surface area contributed by atoms with Crippen LogP contribution >= 0.6 is 46.4 Å². The number of nitrogens with one attached hydrogen (secondary N) is 10. The Labute approximate surface area is 732 Å². The van der Waals surface area contributed by atoms with Gasteiger partial charge in [0.1, 0.15) is 101 Å². The van der Waals surface area contributed by atoms with Gasteiger partial charge in [0, 0.05) is 61.1 Å². The highest BCUT2D eigenvalue weighted by Crippen LogP contribution is 2.50. The first-order valence-corrected chi connectivity index (χ1v) is 40.8. The zero-order chi connectivity index (χ0) is 90.3. The van der Waals surface area contributed by atoms with Gasteiger partial charge in [-0.2, -0.15) is 10.5 Å². The van der Waals surface area contributed by atoms with Crippen molar-refractivity contribution in [1.82, 2.24) is 57.6 Å². The third-order valence-corrected chi connectivity index (χ3v) is 22.8. The van der Waals surface area contributed by atoms with Crippen LogP contribution in [0.3, 0.4) is 0 Å². The second-order valence-corrected chi connectivity index (χ2v) is 32.6. The summed E-state index contributed by atoms with van der Waals surface area (Å²) in [7, 11) is 2.85. The van der Waals surface area contributed by atoms with E-state index >= 15 is 24.0 Å². The Kier molecular flexibility index (Phi) is 30.2. The summed E-state index contributed by atoms with van der Waals surface area (Å²) >= 11 is 26.6. The minimum absolute atomic E-state index is 0.0222. The first-order valence-electron chi connectivity index (χ1n) is 39.3. The van der Waals surface area contributed by atoms with Crippen molar-refractivity contribution in [3.8, 4) is 57.1 Å². The number of ether oxygens (including phenoxy) is 7. The summed E-state index contributed by atoms with van der Waals surface area (Å²) in [6.07, 6.45) is -19.7. The first-order chi connectivity index (χ1) is 59.4. The fourth-order valence-corrected chi connectivity index (χ4v) is 15.7. The number of aromatic nitrogens is 2. The number of aliphatic hydroxyl groups is 6. The van der Waals surface area contributed by atoms with Crippen LogP contribution in [0.2, 0.25) is 20.1 Å². The number of nitrogens with two attached hydrogens (primary N) is 1. The lowest BCUT2D eigenvalue weighted by Crippen LogP contribution is -2.65. The Hall–Kier alpha value is -10.6. The van der Waals surface area contributed by atoms with Crippen molar-refractivity contribution in [3.05, 3.63) is 173 Å². The van der Waals surface area contributed by atoms with Crippen LogP contribution in [0.1, 0.15) is 111 Å². The van der Waals surface area contributed by atoms with Crippen molar-refractivity contribution in [1.29, 1.82) is 0 Å². The SMILES string of the molecule is CN[C@H](CC(C)C)C(=O)N[C@H]1C(=O)N[C@@H](CC(N)=O)C(=O)NC2C(=O)N[C@H]3C(=O)N[C@H](C(=O)N[C@@H](NOCCOC)c4cc(O)cc(O)c4-c4cc3ccc4O)[C@H](O)c3ccc(c(Cl)c3)Oc3cc2cc(c3O[C@@H]2O[C@H](CO)[C@@H](O)[C@H](O)[C@H]2O[C@H]2C[C@](C)(NCCn3ccc(NC(=O)Cc4ccc(Cl)c(Cl)c4)nc3=O)[C@H](O)[C@H](C)O2)Oc2ccc(cc2Cl)[C@H]1O. The number of aromatic hydroxyl groups is 3. The van der Waals surface area contributed by atoms with Crippen molar-refractivity contribution in [2.45, 2.75) is 169 Å². The van der Waals surface area contributed by atoms with E-state index in [-0.39, 0.29) is 112 Å². The number of hydrogen-bond donors (Lipinski definition) is 20. The van der Waals surface area contributed by atoms with Gasteiger partial charge in [-0.1, -0.05) is 84.5 Å². The summed E-state index contributed by atoms with van der Waals surface area (Å²) < 4.78 is 45.9. The van der Waals surface area contributed by atoms with Gasteiger partial charge in [0.2, 0.25) is 59.3 Å². The number of carbonyl (C=O) groups excluding carboxylic acids is 8. The smallest absolute Gasteiger partial charge is 0.349 e. The van der Waals surface area contributed by atoms with E-state index in [1.54, 1.807) is 13.0 Å². The van der Waals surface area contributed by atoms with Gasteiger partial charge in [0.25, 0.3) is 0 Å². The summed E-state index contributed by atoms with van der Waals surface area (Å²) in [5, 5.41) is 130. The van der Waals surface area contributed by atoms with Crippen LogP contribution in [0.25, 0.3) is 11.1 Å². The van der Waals surface area contributed by atoms with E-state index in [1.807, 2.05) is 13.8 Å². The van der Waals surface area contributed by atoms with Gasteiger partial charge in [-0.05, 0) is 134 Å². The molecule has 43 heteroatoms. The molecule has 1 unspecified atom stereocenters. The molecule has 6 aromatic carbocycles. The number of hydroxylamine groups is 1. The number of methoxy groups -OCH3 is 1. The largest absolute Gasteiger partial charge is 0.508 e. The van der Waals surface area contributed by atoms with Crippen LogP contribution in [0.15, 0.2) is 114 Å². The Morgan fingerprint density at radius 1 is 0.704 bits per heavy atom. The zero-order valence-electron chi connectivity index (χ0n) is 67.6. The van der Waals surface area contributed by atoms with Gasteiger partial charge in [-0.15, -0.1) is 0 Å². The fourth-order valence-electron chi connectivity index (χ4n) is 15.0. The summed E-state index contributed by atoms with van der Waals surface area (Å²) in [5.41, 5.74) is 4.80. The van der Waals surface area contributed by atoms with Gasteiger partial charge in [-0.3, -0.25) is 47.8 Å². The molecule has 125 heavy (non-hydrogen) atoms. The number of hydrogen-bond acceptors (Lipinski definition) is 30. The number of carbonyl (C=O) groups is 8. The third kappa shape index (κ3) is 21.7. The molecular weight excluding hydrogens is 1720 g/mol. The normalized spacial score (nSPS) is 26.0. The molecule has 11 bridgehead atoms. The Bertz CT molecular complexity index is 5290. The van der Waals surface area contributed by atoms with Crippen molar-refractivity contribution in [3.63, 3.8) is 0 Å². The van der Waals surface area contributed by atoms with E-state index in [1.165, 1.54) is 74.3 Å². The Balaban J connectivity index is 0.993. The van der Waals surface area contributed by atoms with E-state index < -0.39 is 220 Å². The zero-order valence-corrected chi connectivity index (χ0v) is 70.6. The summed E-state index contributed by atoms with van der Waals surface area (Å²) in [6, 6.07) is 8.55.